The molecule has 18 heavy (non-hydrogen) atoms. The van der Waals surface area contributed by atoms with Crippen LogP contribution in [-0.2, 0) is 19.3 Å². The zero-order valence-electron chi connectivity index (χ0n) is 10.7. The van der Waals surface area contributed by atoms with Crippen molar-refractivity contribution >= 4 is 0 Å². The molecule has 0 aromatic heterocycles. The van der Waals surface area contributed by atoms with E-state index in [2.05, 4.69) is 25.1 Å². The molecule has 92 valence electrons. The number of benzene rings is 2. The molecule has 0 amide bonds. The molecule has 0 radical (unpaired) electrons. The molecule has 1 aliphatic rings. The topological polar surface area (TPSA) is 0 Å². The van der Waals surface area contributed by atoms with Crippen LogP contribution in [0.2, 0.25) is 0 Å². The van der Waals surface area contributed by atoms with Crippen LogP contribution in [0.5, 0.6) is 0 Å². The first-order valence-corrected chi connectivity index (χ1v) is 6.68. The molecule has 0 atom stereocenters. The van der Waals surface area contributed by atoms with Crippen LogP contribution < -0.4 is 0 Å². The van der Waals surface area contributed by atoms with Crippen molar-refractivity contribution in [2.45, 2.75) is 32.6 Å². The molecule has 2 aromatic rings. The lowest BCUT2D eigenvalue weighted by atomic mass is 9.84. The predicted molar refractivity (Wildman–Crippen MR) is 73.2 cm³/mol. The maximum absolute atomic E-state index is 13.2. The molecule has 0 nitrogen and oxygen atoms in total. The van der Waals surface area contributed by atoms with Crippen LogP contribution >= 0.6 is 0 Å². The van der Waals surface area contributed by atoms with Crippen molar-refractivity contribution in [1.29, 1.82) is 0 Å². The molecular weight excluding hydrogens is 223 g/mol. The first-order chi connectivity index (χ1) is 8.78. The van der Waals surface area contributed by atoms with Crippen LogP contribution in [0.25, 0.3) is 11.1 Å². The van der Waals surface area contributed by atoms with Gasteiger partial charge in [0, 0.05) is 0 Å². The smallest absolute Gasteiger partial charge is 0.123 e. The summed E-state index contributed by atoms with van der Waals surface area (Å²) in [5, 5.41) is 0. The number of hydrogen-bond acceptors (Lipinski definition) is 0. The second-order valence-electron chi connectivity index (χ2n) is 5.04. The summed E-state index contributed by atoms with van der Waals surface area (Å²) in [6, 6.07) is 11.9. The van der Waals surface area contributed by atoms with E-state index in [4.69, 9.17) is 0 Å². The van der Waals surface area contributed by atoms with Crippen molar-refractivity contribution in [1.82, 2.24) is 0 Å². The lowest BCUT2D eigenvalue weighted by Crippen LogP contribution is -2.05. The summed E-state index contributed by atoms with van der Waals surface area (Å²) >= 11 is 0. The molecular formula is C17H17F. The lowest BCUT2D eigenvalue weighted by Gasteiger charge is -2.20. The molecule has 2 aromatic carbocycles. The normalized spacial score (nSPS) is 13.0. The fourth-order valence-electron chi connectivity index (χ4n) is 2.86. The molecule has 1 aliphatic carbocycles. The van der Waals surface area contributed by atoms with E-state index in [-0.39, 0.29) is 5.82 Å². The molecule has 0 saturated heterocycles. The Kier molecular flexibility index (Phi) is 2.91. The van der Waals surface area contributed by atoms with Crippen molar-refractivity contribution in [2.24, 2.45) is 0 Å². The van der Waals surface area contributed by atoms with Crippen LogP contribution in [0.15, 0.2) is 36.4 Å². The maximum Gasteiger partial charge on any atom is 0.123 e. The van der Waals surface area contributed by atoms with Gasteiger partial charge in [0.15, 0.2) is 0 Å². The maximum atomic E-state index is 13.2. The Hall–Kier alpha value is -1.63. The molecule has 0 heterocycles. The summed E-state index contributed by atoms with van der Waals surface area (Å²) in [6.45, 7) is 2.21. The second-order valence-corrected chi connectivity index (χ2v) is 5.04. The lowest BCUT2D eigenvalue weighted by molar-refractivity contribution is 0.625. The van der Waals surface area contributed by atoms with Gasteiger partial charge in [0.25, 0.3) is 0 Å². The van der Waals surface area contributed by atoms with Gasteiger partial charge in [0.1, 0.15) is 5.82 Å². The first-order valence-electron chi connectivity index (χ1n) is 6.68. The fourth-order valence-corrected chi connectivity index (χ4v) is 2.86. The van der Waals surface area contributed by atoms with E-state index >= 15 is 0 Å². The average Bonchev–Trinajstić information content (AvgIpc) is 2.38. The van der Waals surface area contributed by atoms with Gasteiger partial charge in [-0.1, -0.05) is 37.6 Å². The van der Waals surface area contributed by atoms with E-state index < -0.39 is 0 Å². The fraction of sp³-hybridized carbons (Fsp3) is 0.294. The zero-order valence-corrected chi connectivity index (χ0v) is 10.7. The quantitative estimate of drug-likeness (QED) is 0.722. The van der Waals surface area contributed by atoms with Gasteiger partial charge in [-0.15, -0.1) is 0 Å². The Labute approximate surface area is 107 Å². The zero-order chi connectivity index (χ0) is 12.5. The largest absolute Gasteiger partial charge is 0.207 e. The average molecular weight is 240 g/mol. The van der Waals surface area contributed by atoms with Gasteiger partial charge in [0.2, 0.25) is 0 Å². The number of aryl methyl sites for hydroxylation is 3. The molecule has 3 rings (SSSR count). The second kappa shape index (κ2) is 4.56. The van der Waals surface area contributed by atoms with Crippen molar-refractivity contribution in [3.05, 3.63) is 58.9 Å². The van der Waals surface area contributed by atoms with Gasteiger partial charge in [-0.25, -0.2) is 4.39 Å². The minimum Gasteiger partial charge on any atom is -0.207 e. The Balaban J connectivity index is 2.08. The van der Waals surface area contributed by atoms with E-state index in [0.717, 1.165) is 24.8 Å². The van der Waals surface area contributed by atoms with Gasteiger partial charge in [-0.2, -0.15) is 0 Å². The Morgan fingerprint density at radius 2 is 1.61 bits per heavy atom. The summed E-state index contributed by atoms with van der Waals surface area (Å²) in [4.78, 5) is 0. The molecule has 0 unspecified atom stereocenters. The highest BCUT2D eigenvalue weighted by Gasteiger charge is 2.16. The van der Waals surface area contributed by atoms with E-state index in [0.29, 0.717) is 0 Å². The van der Waals surface area contributed by atoms with Gasteiger partial charge < -0.3 is 0 Å². The summed E-state index contributed by atoms with van der Waals surface area (Å²) in [7, 11) is 0. The van der Waals surface area contributed by atoms with Gasteiger partial charge in [-0.05, 0) is 59.2 Å². The molecule has 0 bridgehead atoms. The van der Waals surface area contributed by atoms with Crippen molar-refractivity contribution in [3.8, 4) is 11.1 Å². The minimum absolute atomic E-state index is 0.125. The van der Waals surface area contributed by atoms with Crippen LogP contribution in [-0.4, -0.2) is 0 Å². The van der Waals surface area contributed by atoms with E-state index in [1.165, 1.54) is 28.7 Å². The third kappa shape index (κ3) is 1.94. The Bertz CT molecular complexity index is 584. The highest BCUT2D eigenvalue weighted by atomic mass is 19.1. The van der Waals surface area contributed by atoms with Crippen molar-refractivity contribution in [3.63, 3.8) is 0 Å². The SMILES string of the molecule is CCCc1ccc2c(c1)CCc1cc(F)ccc1-2. The van der Waals surface area contributed by atoms with E-state index in [1.54, 1.807) is 12.1 Å². The van der Waals surface area contributed by atoms with Crippen LogP contribution in [0, 0.1) is 5.82 Å². The number of fused-ring (bicyclic) bond motifs is 3. The monoisotopic (exact) mass is 240 g/mol. The van der Waals surface area contributed by atoms with Crippen molar-refractivity contribution in [2.75, 3.05) is 0 Å². The summed E-state index contributed by atoms with van der Waals surface area (Å²) < 4.78 is 13.2. The Morgan fingerprint density at radius 1 is 0.944 bits per heavy atom. The van der Waals surface area contributed by atoms with Gasteiger partial charge in [-0.3, -0.25) is 0 Å². The molecule has 0 spiro atoms. The minimum atomic E-state index is -0.125. The van der Waals surface area contributed by atoms with Crippen LogP contribution in [0.1, 0.15) is 30.0 Å². The summed E-state index contributed by atoms with van der Waals surface area (Å²) in [5.41, 5.74) is 6.48. The molecule has 0 aliphatic heterocycles. The molecule has 0 N–H and O–H groups in total. The standard InChI is InChI=1S/C17H17F/c1-2-3-12-4-8-16-13(10-12)5-6-14-11-15(18)7-9-17(14)16/h4,7-11H,2-3,5-6H2,1H3. The van der Waals surface area contributed by atoms with E-state index in [1.807, 2.05) is 6.07 Å². The third-order valence-corrected chi connectivity index (χ3v) is 3.73. The third-order valence-electron chi connectivity index (χ3n) is 3.73. The van der Waals surface area contributed by atoms with E-state index in [9.17, 15) is 4.39 Å². The predicted octanol–water partition coefficient (Wildman–Crippen LogP) is 4.54. The highest BCUT2D eigenvalue weighted by molar-refractivity contribution is 5.73. The number of hydrogen-bond donors (Lipinski definition) is 0. The van der Waals surface area contributed by atoms with Gasteiger partial charge >= 0.3 is 0 Å². The number of halogens is 1. The van der Waals surface area contributed by atoms with Gasteiger partial charge in [0.05, 0.1) is 0 Å². The Morgan fingerprint density at radius 3 is 2.33 bits per heavy atom. The number of rotatable bonds is 2. The summed E-state index contributed by atoms with van der Waals surface area (Å²) in [6.07, 6.45) is 4.31. The van der Waals surface area contributed by atoms with Crippen LogP contribution in [0.4, 0.5) is 4.39 Å². The first kappa shape index (κ1) is 11.5. The molecule has 1 heteroatoms. The van der Waals surface area contributed by atoms with Crippen LogP contribution in [0.3, 0.4) is 0 Å². The summed E-state index contributed by atoms with van der Waals surface area (Å²) in [5.74, 6) is -0.125. The molecule has 0 fully saturated rings. The molecule has 0 saturated carbocycles. The van der Waals surface area contributed by atoms with Crippen molar-refractivity contribution < 1.29 is 4.39 Å². The highest BCUT2D eigenvalue weighted by Crippen LogP contribution is 2.34.